The topological polar surface area (TPSA) is 80.1 Å². The maximum atomic E-state index is 12.0. The molecule has 0 atom stereocenters. The highest BCUT2D eigenvalue weighted by atomic mass is 16.4. The third-order valence-corrected chi connectivity index (χ3v) is 3.30. The molecular weight excluding hydrogens is 256 g/mol. The number of nitrogens with one attached hydrogen (secondary N) is 2. The Kier molecular flexibility index (Phi) is 3.30. The number of benzene rings is 1. The van der Waals surface area contributed by atoms with E-state index in [2.05, 4.69) is 20.8 Å². The molecule has 1 aromatic carbocycles. The van der Waals surface area contributed by atoms with E-state index in [0.717, 1.165) is 35.5 Å². The Morgan fingerprint density at radius 1 is 1.30 bits per heavy atom. The fraction of sp³-hybridized carbons (Fsp3) is 0.214. The molecule has 0 bridgehead atoms. The Balaban J connectivity index is 1.71. The van der Waals surface area contributed by atoms with Gasteiger partial charge in [0, 0.05) is 29.9 Å². The summed E-state index contributed by atoms with van der Waals surface area (Å²) in [5, 5.41) is 13.5. The maximum absolute atomic E-state index is 12.0. The van der Waals surface area contributed by atoms with Crippen LogP contribution in [0.5, 0.6) is 0 Å². The van der Waals surface area contributed by atoms with Gasteiger partial charge in [-0.3, -0.25) is 4.79 Å². The first-order valence-electron chi connectivity index (χ1n) is 6.31. The van der Waals surface area contributed by atoms with Crippen molar-refractivity contribution in [3.05, 3.63) is 41.8 Å². The van der Waals surface area contributed by atoms with Gasteiger partial charge in [-0.15, -0.1) is 10.2 Å². The molecule has 0 radical (unpaired) electrons. The summed E-state index contributed by atoms with van der Waals surface area (Å²) in [6.45, 7) is 3.45. The van der Waals surface area contributed by atoms with Gasteiger partial charge in [0.25, 0.3) is 5.91 Å². The van der Waals surface area contributed by atoms with Crippen LogP contribution >= 0.6 is 0 Å². The average Bonchev–Trinajstić information content (AvgIpc) is 2.91. The molecule has 0 saturated carbocycles. The normalized spacial score (nSPS) is 13.8. The minimum Gasteiger partial charge on any atom is -0.423 e. The summed E-state index contributed by atoms with van der Waals surface area (Å²) >= 11 is 0. The van der Waals surface area contributed by atoms with Crippen molar-refractivity contribution in [2.24, 2.45) is 0 Å². The number of hydrogen-bond acceptors (Lipinski definition) is 5. The van der Waals surface area contributed by atoms with E-state index in [-0.39, 0.29) is 5.91 Å². The van der Waals surface area contributed by atoms with Crippen molar-refractivity contribution in [1.82, 2.24) is 15.5 Å². The van der Waals surface area contributed by atoms with Crippen molar-refractivity contribution in [1.29, 1.82) is 0 Å². The van der Waals surface area contributed by atoms with Crippen LogP contribution in [0.4, 0.5) is 5.69 Å². The first kappa shape index (κ1) is 12.6. The summed E-state index contributed by atoms with van der Waals surface area (Å²) in [6, 6.07) is 7.29. The lowest BCUT2D eigenvalue weighted by Crippen LogP contribution is -2.36. The summed E-state index contributed by atoms with van der Waals surface area (Å²) in [6.07, 6.45) is 1.28. The molecule has 0 aliphatic carbocycles. The standard InChI is InChI=1S/C14H14N4O2/c1-9(11-6-15-7-11)13(19)17-12-4-2-10(3-5-12)14-18-16-8-20-14/h2-5,8,15H,6-7H2,1H3,(H,17,19). The molecule has 3 rings (SSSR count). The van der Waals surface area contributed by atoms with Gasteiger partial charge in [0.1, 0.15) is 0 Å². The number of hydrogen-bond donors (Lipinski definition) is 2. The Labute approximate surface area is 115 Å². The van der Waals surface area contributed by atoms with Gasteiger partial charge in [-0.1, -0.05) is 0 Å². The number of aromatic nitrogens is 2. The highest BCUT2D eigenvalue weighted by Gasteiger charge is 2.16. The van der Waals surface area contributed by atoms with Crippen molar-refractivity contribution in [3.63, 3.8) is 0 Å². The minimum absolute atomic E-state index is 0.0629. The van der Waals surface area contributed by atoms with Crippen LogP contribution in [0.25, 0.3) is 11.5 Å². The summed E-state index contributed by atoms with van der Waals surface area (Å²) in [4.78, 5) is 12.0. The zero-order valence-corrected chi connectivity index (χ0v) is 11.0. The van der Waals surface area contributed by atoms with Gasteiger partial charge in [0.2, 0.25) is 12.3 Å². The molecule has 0 unspecified atom stereocenters. The van der Waals surface area contributed by atoms with E-state index >= 15 is 0 Å². The number of carbonyl (C=O) groups is 1. The van der Waals surface area contributed by atoms with E-state index in [9.17, 15) is 4.79 Å². The van der Waals surface area contributed by atoms with E-state index in [0.29, 0.717) is 5.89 Å². The van der Waals surface area contributed by atoms with Crippen LogP contribution in [0.2, 0.25) is 0 Å². The lowest BCUT2D eigenvalue weighted by atomic mass is 10.0. The van der Waals surface area contributed by atoms with Gasteiger partial charge in [0.05, 0.1) is 0 Å². The molecule has 20 heavy (non-hydrogen) atoms. The van der Waals surface area contributed by atoms with E-state index in [1.165, 1.54) is 6.39 Å². The van der Waals surface area contributed by atoms with Crippen LogP contribution in [0.1, 0.15) is 6.92 Å². The van der Waals surface area contributed by atoms with Gasteiger partial charge in [-0.25, -0.2) is 0 Å². The number of anilines is 1. The molecule has 2 aromatic rings. The van der Waals surface area contributed by atoms with E-state index in [1.807, 2.05) is 31.2 Å². The molecule has 0 spiro atoms. The molecule has 2 heterocycles. The molecular formula is C14H14N4O2. The molecule has 102 valence electrons. The third kappa shape index (κ3) is 2.46. The predicted molar refractivity (Wildman–Crippen MR) is 73.9 cm³/mol. The summed E-state index contributed by atoms with van der Waals surface area (Å²) in [5.74, 6) is 0.397. The van der Waals surface area contributed by atoms with E-state index in [4.69, 9.17) is 4.42 Å². The molecule has 1 aromatic heterocycles. The van der Waals surface area contributed by atoms with E-state index in [1.54, 1.807) is 0 Å². The van der Waals surface area contributed by atoms with Crippen molar-refractivity contribution in [3.8, 4) is 11.5 Å². The fourth-order valence-electron chi connectivity index (χ4n) is 1.90. The van der Waals surface area contributed by atoms with Crippen LogP contribution in [-0.2, 0) is 4.79 Å². The molecule has 2 N–H and O–H groups in total. The van der Waals surface area contributed by atoms with Gasteiger partial charge >= 0.3 is 0 Å². The predicted octanol–water partition coefficient (Wildman–Crippen LogP) is 1.59. The van der Waals surface area contributed by atoms with Gasteiger partial charge < -0.3 is 15.1 Å². The summed E-state index contributed by atoms with van der Waals surface area (Å²) < 4.78 is 5.11. The second-order valence-corrected chi connectivity index (χ2v) is 4.61. The average molecular weight is 270 g/mol. The Hall–Kier alpha value is -2.47. The monoisotopic (exact) mass is 270 g/mol. The highest BCUT2D eigenvalue weighted by molar-refractivity contribution is 6.04. The molecule has 6 nitrogen and oxygen atoms in total. The van der Waals surface area contributed by atoms with Crippen molar-refractivity contribution < 1.29 is 9.21 Å². The Bertz CT molecular complexity index is 638. The molecule has 1 fully saturated rings. The van der Waals surface area contributed by atoms with Gasteiger partial charge in [-0.2, -0.15) is 0 Å². The van der Waals surface area contributed by atoms with Crippen LogP contribution in [0, 0.1) is 0 Å². The third-order valence-electron chi connectivity index (χ3n) is 3.30. The second kappa shape index (κ2) is 5.26. The molecule has 1 amide bonds. The Morgan fingerprint density at radius 2 is 2.05 bits per heavy atom. The van der Waals surface area contributed by atoms with Crippen LogP contribution < -0.4 is 10.6 Å². The number of rotatable bonds is 3. The lowest BCUT2D eigenvalue weighted by molar-refractivity contribution is -0.112. The molecule has 6 heteroatoms. The van der Waals surface area contributed by atoms with Crippen LogP contribution in [-0.4, -0.2) is 29.2 Å². The number of nitrogens with zero attached hydrogens (tertiary/aromatic N) is 2. The summed E-state index contributed by atoms with van der Waals surface area (Å²) in [7, 11) is 0. The van der Waals surface area contributed by atoms with Crippen molar-refractivity contribution in [2.45, 2.75) is 6.92 Å². The van der Waals surface area contributed by atoms with Gasteiger partial charge in [-0.05, 0) is 36.8 Å². The largest absolute Gasteiger partial charge is 0.423 e. The highest BCUT2D eigenvalue weighted by Crippen LogP contribution is 2.19. The molecule has 1 saturated heterocycles. The number of carbonyl (C=O) groups excluding carboxylic acids is 1. The fourth-order valence-corrected chi connectivity index (χ4v) is 1.90. The number of amides is 1. The smallest absolute Gasteiger partial charge is 0.251 e. The lowest BCUT2D eigenvalue weighted by Gasteiger charge is -2.21. The Morgan fingerprint density at radius 3 is 2.60 bits per heavy atom. The van der Waals surface area contributed by atoms with Crippen molar-refractivity contribution in [2.75, 3.05) is 18.4 Å². The van der Waals surface area contributed by atoms with E-state index < -0.39 is 0 Å². The first-order chi connectivity index (χ1) is 9.74. The SMILES string of the molecule is CC(C(=O)Nc1ccc(-c2nnco2)cc1)=C1CNC1. The minimum atomic E-state index is -0.0629. The molecule has 1 aliphatic heterocycles. The zero-order valence-electron chi connectivity index (χ0n) is 11.0. The van der Waals surface area contributed by atoms with Crippen LogP contribution in [0.3, 0.4) is 0 Å². The quantitative estimate of drug-likeness (QED) is 0.828. The summed E-state index contributed by atoms with van der Waals surface area (Å²) in [5.41, 5.74) is 3.50. The van der Waals surface area contributed by atoms with Crippen LogP contribution in [0.15, 0.2) is 46.2 Å². The van der Waals surface area contributed by atoms with Crippen molar-refractivity contribution >= 4 is 11.6 Å². The second-order valence-electron chi connectivity index (χ2n) is 4.61. The zero-order chi connectivity index (χ0) is 13.9. The first-order valence-corrected chi connectivity index (χ1v) is 6.31. The maximum Gasteiger partial charge on any atom is 0.251 e. The van der Waals surface area contributed by atoms with Gasteiger partial charge in [0.15, 0.2) is 0 Å². The molecule has 1 aliphatic rings.